The molecule has 1 aliphatic carbocycles. The summed E-state index contributed by atoms with van der Waals surface area (Å²) in [6, 6.07) is 6.09. The summed E-state index contributed by atoms with van der Waals surface area (Å²) in [6.07, 6.45) is 7.35. The van der Waals surface area contributed by atoms with Gasteiger partial charge in [0.25, 0.3) is 11.5 Å². The van der Waals surface area contributed by atoms with Gasteiger partial charge < -0.3 is 5.11 Å². The SMILES string of the molecule is Cc1n(/C=C(\O)c2ccc([N+](=O)[O-])cc2)nn[n+]1C1CCCCC1. The smallest absolute Gasteiger partial charge is 0.269 e. The molecular formula is C16H20N5O3+. The lowest BCUT2D eigenvalue weighted by Crippen LogP contribution is -2.45. The Morgan fingerprint density at radius 1 is 1.33 bits per heavy atom. The Morgan fingerprint density at radius 2 is 2.00 bits per heavy atom. The predicted molar refractivity (Wildman–Crippen MR) is 87.0 cm³/mol. The number of nitrogens with zero attached hydrogens (tertiary/aromatic N) is 5. The van der Waals surface area contributed by atoms with Gasteiger partial charge in [-0.15, -0.1) is 4.68 Å². The van der Waals surface area contributed by atoms with Crippen molar-refractivity contribution in [2.75, 3.05) is 0 Å². The van der Waals surface area contributed by atoms with Crippen LogP contribution in [0.15, 0.2) is 24.3 Å². The summed E-state index contributed by atoms with van der Waals surface area (Å²) in [7, 11) is 0. The molecule has 3 rings (SSSR count). The molecule has 1 fully saturated rings. The Hall–Kier alpha value is -2.77. The first-order valence-corrected chi connectivity index (χ1v) is 8.05. The van der Waals surface area contributed by atoms with Crippen molar-refractivity contribution in [1.29, 1.82) is 0 Å². The maximum atomic E-state index is 10.7. The molecule has 0 bridgehead atoms. The van der Waals surface area contributed by atoms with E-state index in [0.717, 1.165) is 18.7 Å². The van der Waals surface area contributed by atoms with Crippen LogP contribution in [0.25, 0.3) is 12.0 Å². The number of hydrogen-bond donors (Lipinski definition) is 1. The summed E-state index contributed by atoms with van der Waals surface area (Å²) >= 11 is 0. The molecule has 0 unspecified atom stereocenters. The molecule has 1 heterocycles. The second-order valence-corrected chi connectivity index (χ2v) is 6.03. The van der Waals surface area contributed by atoms with Gasteiger partial charge in [-0.1, -0.05) is 11.1 Å². The van der Waals surface area contributed by atoms with Gasteiger partial charge in [0.2, 0.25) is 0 Å². The quantitative estimate of drug-likeness (QED) is 0.402. The normalized spacial score (nSPS) is 16.3. The van der Waals surface area contributed by atoms with Gasteiger partial charge in [-0.05, 0) is 37.8 Å². The third-order valence-electron chi connectivity index (χ3n) is 4.43. The largest absolute Gasteiger partial charge is 0.504 e. The molecule has 24 heavy (non-hydrogen) atoms. The minimum absolute atomic E-state index is 0.0152. The van der Waals surface area contributed by atoms with E-state index in [2.05, 4.69) is 10.4 Å². The first-order valence-electron chi connectivity index (χ1n) is 8.05. The molecule has 1 saturated carbocycles. The van der Waals surface area contributed by atoms with E-state index in [1.165, 1.54) is 54.4 Å². The Labute approximate surface area is 139 Å². The first kappa shape index (κ1) is 16.1. The fourth-order valence-electron chi connectivity index (χ4n) is 3.05. The van der Waals surface area contributed by atoms with Gasteiger partial charge in [0.1, 0.15) is 11.3 Å². The number of nitro groups is 1. The summed E-state index contributed by atoms with van der Waals surface area (Å²) < 4.78 is 3.45. The van der Waals surface area contributed by atoms with Crippen molar-refractivity contribution >= 4 is 17.6 Å². The van der Waals surface area contributed by atoms with Crippen LogP contribution in [-0.2, 0) is 0 Å². The lowest BCUT2D eigenvalue weighted by atomic mass is 9.96. The number of benzene rings is 1. The van der Waals surface area contributed by atoms with Crippen LogP contribution in [0.3, 0.4) is 0 Å². The Bertz CT molecular complexity index is 761. The molecule has 0 spiro atoms. The number of aliphatic hydroxyl groups is 1. The summed E-state index contributed by atoms with van der Waals surface area (Å²) in [5.74, 6) is 0.823. The Morgan fingerprint density at radius 3 is 2.62 bits per heavy atom. The van der Waals surface area contributed by atoms with Crippen molar-refractivity contribution in [3.8, 4) is 0 Å². The number of tetrazole rings is 1. The number of aliphatic hydroxyl groups excluding tert-OH is 1. The molecule has 0 saturated heterocycles. The number of hydrogen-bond acceptors (Lipinski definition) is 5. The molecular weight excluding hydrogens is 310 g/mol. The minimum Gasteiger partial charge on any atom is -0.504 e. The molecule has 126 valence electrons. The minimum atomic E-state index is -0.473. The van der Waals surface area contributed by atoms with Gasteiger partial charge in [-0.25, -0.2) is 0 Å². The van der Waals surface area contributed by atoms with E-state index < -0.39 is 4.92 Å². The number of aromatic nitrogens is 4. The summed E-state index contributed by atoms with van der Waals surface area (Å²) in [6.45, 7) is 1.91. The fourth-order valence-corrected chi connectivity index (χ4v) is 3.05. The molecule has 2 aromatic rings. The lowest BCUT2D eigenvalue weighted by Gasteiger charge is -2.17. The highest BCUT2D eigenvalue weighted by Gasteiger charge is 2.25. The predicted octanol–water partition coefficient (Wildman–Crippen LogP) is 2.80. The Kier molecular flexibility index (Phi) is 4.54. The maximum Gasteiger partial charge on any atom is 0.269 e. The van der Waals surface area contributed by atoms with Crippen LogP contribution in [0.4, 0.5) is 5.69 Å². The van der Waals surface area contributed by atoms with Gasteiger partial charge in [0.05, 0.1) is 4.92 Å². The summed E-state index contributed by atoms with van der Waals surface area (Å²) in [5.41, 5.74) is 0.471. The molecule has 1 N–H and O–H groups in total. The third-order valence-corrected chi connectivity index (χ3v) is 4.43. The molecule has 1 aromatic carbocycles. The number of rotatable bonds is 4. The zero-order valence-corrected chi connectivity index (χ0v) is 13.5. The second-order valence-electron chi connectivity index (χ2n) is 6.03. The van der Waals surface area contributed by atoms with Crippen LogP contribution in [0.5, 0.6) is 0 Å². The average molecular weight is 330 g/mol. The highest BCUT2D eigenvalue weighted by atomic mass is 16.6. The first-order chi connectivity index (χ1) is 11.6. The maximum absolute atomic E-state index is 10.7. The molecule has 8 nitrogen and oxygen atoms in total. The molecule has 0 amide bonds. The van der Waals surface area contributed by atoms with Gasteiger partial charge >= 0.3 is 0 Å². The molecule has 0 aliphatic heterocycles. The van der Waals surface area contributed by atoms with Crippen LogP contribution >= 0.6 is 0 Å². The zero-order valence-electron chi connectivity index (χ0n) is 13.5. The van der Waals surface area contributed by atoms with Crippen LogP contribution in [-0.4, -0.2) is 25.1 Å². The van der Waals surface area contributed by atoms with Crippen molar-refractivity contribution < 1.29 is 14.7 Å². The molecule has 0 radical (unpaired) electrons. The van der Waals surface area contributed by atoms with Crippen molar-refractivity contribution in [2.45, 2.75) is 45.1 Å². The third kappa shape index (κ3) is 3.27. The highest BCUT2D eigenvalue weighted by molar-refractivity contribution is 5.69. The molecule has 1 aliphatic rings. The van der Waals surface area contributed by atoms with Crippen LogP contribution in [0.1, 0.15) is 49.5 Å². The Balaban J connectivity index is 1.82. The second kappa shape index (κ2) is 6.77. The van der Waals surface area contributed by atoms with Gasteiger partial charge in [-0.2, -0.15) is 0 Å². The monoisotopic (exact) mass is 330 g/mol. The van der Waals surface area contributed by atoms with Crippen molar-refractivity contribution in [3.05, 3.63) is 45.8 Å². The van der Waals surface area contributed by atoms with E-state index in [-0.39, 0.29) is 11.4 Å². The van der Waals surface area contributed by atoms with Crippen LogP contribution < -0.4 is 4.68 Å². The fraction of sp³-hybridized carbons (Fsp3) is 0.438. The molecule has 8 heteroatoms. The van der Waals surface area contributed by atoms with Crippen molar-refractivity contribution in [3.63, 3.8) is 0 Å². The van der Waals surface area contributed by atoms with E-state index in [4.69, 9.17) is 0 Å². The van der Waals surface area contributed by atoms with Crippen LogP contribution in [0, 0.1) is 17.0 Å². The molecule has 0 atom stereocenters. The van der Waals surface area contributed by atoms with Gasteiger partial charge in [0.15, 0.2) is 17.2 Å². The number of nitro benzene ring substituents is 1. The van der Waals surface area contributed by atoms with Crippen LogP contribution in [0.2, 0.25) is 0 Å². The van der Waals surface area contributed by atoms with Gasteiger partial charge in [-0.3, -0.25) is 10.1 Å². The lowest BCUT2D eigenvalue weighted by molar-refractivity contribution is -0.785. The van der Waals surface area contributed by atoms with E-state index in [9.17, 15) is 15.2 Å². The van der Waals surface area contributed by atoms with E-state index >= 15 is 0 Å². The van der Waals surface area contributed by atoms with E-state index in [1.54, 1.807) is 0 Å². The summed E-state index contributed by atoms with van der Waals surface area (Å²) in [4.78, 5) is 10.2. The topological polar surface area (TPSA) is 98.0 Å². The molecule has 1 aromatic heterocycles. The zero-order chi connectivity index (χ0) is 17.1. The van der Waals surface area contributed by atoms with Crippen molar-refractivity contribution in [1.82, 2.24) is 15.1 Å². The van der Waals surface area contributed by atoms with Crippen molar-refractivity contribution in [2.24, 2.45) is 0 Å². The standard InChI is InChI=1S/C16H19N5O3/c1-12-19(17-18-20(12)14-5-3-2-4-6-14)11-16(22)13-7-9-15(10-8-13)21(23)24/h7-11,14H,2-6H2,1H3/p+1/b16-11-. The van der Waals surface area contributed by atoms with Gasteiger partial charge in [0, 0.05) is 24.6 Å². The van der Waals surface area contributed by atoms with E-state index in [0.29, 0.717) is 11.6 Å². The van der Waals surface area contributed by atoms with E-state index in [1.807, 2.05) is 11.6 Å². The summed E-state index contributed by atoms with van der Waals surface area (Å²) in [5, 5.41) is 29.2. The highest BCUT2D eigenvalue weighted by Crippen LogP contribution is 2.23. The number of non-ortho nitro benzene ring substituents is 1. The average Bonchev–Trinajstić information content (AvgIpc) is 2.96.